The van der Waals surface area contributed by atoms with Gasteiger partial charge in [0.05, 0.1) is 17.1 Å². The predicted molar refractivity (Wildman–Crippen MR) is 132 cm³/mol. The number of hydrogen-bond acceptors (Lipinski definition) is 5. The molecular formula is C26H31F4N3O4S. The number of nitrogens with zero attached hydrogens (tertiary/aromatic N) is 3. The fraction of sp³-hybridized carbons (Fsp3) is 0.500. The minimum Gasteiger partial charge on any atom is -0.493 e. The molecule has 2 fully saturated rings. The number of halogens is 4. The van der Waals surface area contributed by atoms with Crippen molar-refractivity contribution >= 4 is 15.9 Å². The van der Waals surface area contributed by atoms with Gasteiger partial charge >= 0.3 is 6.18 Å². The zero-order chi connectivity index (χ0) is 27.6. The summed E-state index contributed by atoms with van der Waals surface area (Å²) in [6, 6.07) is 9.05. The van der Waals surface area contributed by atoms with Gasteiger partial charge in [0.25, 0.3) is 0 Å². The first-order valence-corrected chi connectivity index (χ1v) is 13.8. The Hall–Kier alpha value is -2.70. The molecule has 0 aromatic heterocycles. The van der Waals surface area contributed by atoms with Gasteiger partial charge in [0.1, 0.15) is 11.6 Å². The Balaban J connectivity index is 1.59. The van der Waals surface area contributed by atoms with Crippen molar-refractivity contribution in [2.75, 3.05) is 52.9 Å². The summed E-state index contributed by atoms with van der Waals surface area (Å²) in [6.45, 7) is 2.56. The smallest absolute Gasteiger partial charge is 0.416 e. The van der Waals surface area contributed by atoms with E-state index in [9.17, 15) is 30.8 Å². The first kappa shape index (κ1) is 28.3. The summed E-state index contributed by atoms with van der Waals surface area (Å²) in [6.07, 6.45) is -3.77. The Bertz CT molecular complexity index is 1230. The predicted octanol–water partition coefficient (Wildman–Crippen LogP) is 3.86. The molecule has 2 heterocycles. The molecule has 0 N–H and O–H groups in total. The summed E-state index contributed by atoms with van der Waals surface area (Å²) < 4.78 is 87.1. The van der Waals surface area contributed by atoms with Crippen molar-refractivity contribution in [2.45, 2.75) is 30.3 Å². The van der Waals surface area contributed by atoms with E-state index >= 15 is 0 Å². The number of benzene rings is 2. The van der Waals surface area contributed by atoms with E-state index in [0.29, 0.717) is 37.7 Å². The number of piperazine rings is 1. The lowest BCUT2D eigenvalue weighted by Crippen LogP contribution is -2.53. The second-order valence-corrected chi connectivity index (χ2v) is 12.0. The Kier molecular flexibility index (Phi) is 8.34. The molecule has 2 aromatic rings. The first-order valence-electron chi connectivity index (χ1n) is 12.4. The van der Waals surface area contributed by atoms with E-state index in [-0.39, 0.29) is 32.0 Å². The van der Waals surface area contributed by atoms with E-state index in [4.69, 9.17) is 4.74 Å². The average molecular weight is 558 g/mol. The van der Waals surface area contributed by atoms with E-state index in [2.05, 4.69) is 4.90 Å². The SMILES string of the molecule is CN1CCN(C(=O)C[C@]2(COc3ccc(F)cc3)CCCN(S(=O)(=O)c3cccc(C(F)(F)F)c3)C2)CC1. The van der Waals surface area contributed by atoms with Crippen molar-refractivity contribution in [2.24, 2.45) is 5.41 Å². The van der Waals surface area contributed by atoms with Gasteiger partial charge in [0.15, 0.2) is 0 Å². The van der Waals surface area contributed by atoms with E-state index in [0.717, 1.165) is 35.6 Å². The number of sulfonamides is 1. The quantitative estimate of drug-likeness (QED) is 0.484. The molecule has 7 nitrogen and oxygen atoms in total. The van der Waals surface area contributed by atoms with Crippen LogP contribution in [0.1, 0.15) is 24.8 Å². The monoisotopic (exact) mass is 557 g/mol. The summed E-state index contributed by atoms with van der Waals surface area (Å²) in [5.41, 5.74) is -1.96. The van der Waals surface area contributed by atoms with Crippen LogP contribution in [0.2, 0.25) is 0 Å². The largest absolute Gasteiger partial charge is 0.493 e. The van der Waals surface area contributed by atoms with Crippen LogP contribution in [0.5, 0.6) is 5.75 Å². The Morgan fingerprint density at radius 1 is 1.03 bits per heavy atom. The van der Waals surface area contributed by atoms with Gasteiger partial charge in [-0.1, -0.05) is 6.07 Å². The number of piperidine rings is 1. The molecule has 0 spiro atoms. The van der Waals surface area contributed by atoms with Crippen LogP contribution in [0.3, 0.4) is 0 Å². The summed E-state index contributed by atoms with van der Waals surface area (Å²) in [4.78, 5) is 16.7. The van der Waals surface area contributed by atoms with E-state index in [1.165, 1.54) is 24.3 Å². The van der Waals surface area contributed by atoms with Crippen LogP contribution < -0.4 is 4.74 Å². The van der Waals surface area contributed by atoms with Gasteiger partial charge < -0.3 is 14.5 Å². The molecule has 12 heteroatoms. The Morgan fingerprint density at radius 3 is 2.37 bits per heavy atom. The highest BCUT2D eigenvalue weighted by Crippen LogP contribution is 2.38. The van der Waals surface area contributed by atoms with Crippen molar-refractivity contribution in [1.82, 2.24) is 14.1 Å². The van der Waals surface area contributed by atoms with Crippen LogP contribution in [0.4, 0.5) is 17.6 Å². The summed E-state index contributed by atoms with van der Waals surface area (Å²) in [7, 11) is -2.31. The molecule has 0 radical (unpaired) electrons. The lowest BCUT2D eigenvalue weighted by atomic mass is 9.78. The Morgan fingerprint density at radius 2 is 1.71 bits per heavy atom. The second-order valence-electron chi connectivity index (χ2n) is 10.1. The van der Waals surface area contributed by atoms with Gasteiger partial charge in [-0.15, -0.1) is 0 Å². The normalized spacial score (nSPS) is 21.9. The van der Waals surface area contributed by atoms with E-state index in [1.807, 2.05) is 7.05 Å². The molecule has 1 atom stereocenters. The van der Waals surface area contributed by atoms with Gasteiger partial charge in [-0.05, 0) is 62.4 Å². The van der Waals surface area contributed by atoms with Crippen LogP contribution in [0.15, 0.2) is 53.4 Å². The van der Waals surface area contributed by atoms with Gasteiger partial charge in [0.2, 0.25) is 15.9 Å². The molecule has 2 saturated heterocycles. The number of rotatable bonds is 7. The molecule has 1 amide bonds. The maximum absolute atomic E-state index is 13.5. The molecule has 0 bridgehead atoms. The molecule has 2 aliphatic heterocycles. The molecule has 2 aliphatic rings. The highest BCUT2D eigenvalue weighted by Gasteiger charge is 2.43. The van der Waals surface area contributed by atoms with Crippen molar-refractivity contribution in [3.8, 4) is 5.75 Å². The minimum absolute atomic E-state index is 0.00722. The topological polar surface area (TPSA) is 70.2 Å². The fourth-order valence-corrected chi connectivity index (χ4v) is 6.56. The summed E-state index contributed by atoms with van der Waals surface area (Å²) in [5, 5.41) is 0. The highest BCUT2D eigenvalue weighted by molar-refractivity contribution is 7.89. The average Bonchev–Trinajstić information content (AvgIpc) is 2.88. The molecular weight excluding hydrogens is 526 g/mol. The van der Waals surface area contributed by atoms with Crippen LogP contribution in [-0.4, -0.2) is 81.4 Å². The molecule has 2 aromatic carbocycles. The van der Waals surface area contributed by atoms with Crippen molar-refractivity contribution in [1.29, 1.82) is 0 Å². The zero-order valence-electron chi connectivity index (χ0n) is 21.1. The fourth-order valence-electron chi connectivity index (χ4n) is 4.92. The van der Waals surface area contributed by atoms with Gasteiger partial charge in [-0.3, -0.25) is 4.79 Å². The third-order valence-electron chi connectivity index (χ3n) is 7.17. The van der Waals surface area contributed by atoms with Gasteiger partial charge in [0, 0.05) is 51.1 Å². The number of hydrogen-bond donors (Lipinski definition) is 0. The number of ether oxygens (including phenoxy) is 1. The van der Waals surface area contributed by atoms with Gasteiger partial charge in [-0.25, -0.2) is 12.8 Å². The molecule has 0 aliphatic carbocycles. The Labute approximate surface area is 220 Å². The second kappa shape index (κ2) is 11.2. The van der Waals surface area contributed by atoms with E-state index in [1.54, 1.807) is 4.90 Å². The highest BCUT2D eigenvalue weighted by atomic mass is 32.2. The van der Waals surface area contributed by atoms with Crippen molar-refractivity contribution in [3.63, 3.8) is 0 Å². The lowest BCUT2D eigenvalue weighted by molar-refractivity contribution is -0.138. The van der Waals surface area contributed by atoms with Crippen molar-refractivity contribution in [3.05, 3.63) is 59.9 Å². The van der Waals surface area contributed by atoms with Gasteiger partial charge in [-0.2, -0.15) is 17.5 Å². The molecule has 0 saturated carbocycles. The number of carbonyl (C=O) groups excluding carboxylic acids is 1. The number of alkyl halides is 3. The van der Waals surface area contributed by atoms with Crippen LogP contribution in [0, 0.1) is 11.2 Å². The minimum atomic E-state index is -4.69. The van der Waals surface area contributed by atoms with Crippen molar-refractivity contribution < 1.29 is 35.5 Å². The standard InChI is InChI=1S/C26H31F4N3O4S/c1-31-12-14-32(15-13-31)24(34)17-25(19-37-22-8-6-21(27)7-9-22)10-3-11-33(18-25)38(35,36)23-5-2-4-20(16-23)26(28,29)30/h2,4-9,16H,3,10-15,17-19H2,1H3/t25-/m1/s1. The maximum Gasteiger partial charge on any atom is 0.416 e. The third kappa shape index (κ3) is 6.65. The number of amides is 1. The molecule has 0 unspecified atom stereocenters. The third-order valence-corrected chi connectivity index (χ3v) is 9.01. The van der Waals surface area contributed by atoms with Crippen LogP contribution >= 0.6 is 0 Å². The number of carbonyl (C=O) groups is 1. The molecule has 4 rings (SSSR count). The maximum atomic E-state index is 13.5. The van der Waals surface area contributed by atoms with Crippen LogP contribution in [-0.2, 0) is 21.0 Å². The summed E-state index contributed by atoms with van der Waals surface area (Å²) >= 11 is 0. The first-order chi connectivity index (χ1) is 17.9. The zero-order valence-corrected chi connectivity index (χ0v) is 21.9. The molecule has 38 heavy (non-hydrogen) atoms. The number of likely N-dealkylation sites (N-methyl/N-ethyl adjacent to an activating group) is 1. The van der Waals surface area contributed by atoms with E-state index < -0.39 is 37.9 Å². The lowest BCUT2D eigenvalue weighted by Gasteiger charge is -2.43. The summed E-state index contributed by atoms with van der Waals surface area (Å²) in [5.74, 6) is -0.192. The molecule has 208 valence electrons. The van der Waals surface area contributed by atoms with Crippen LogP contribution in [0.25, 0.3) is 0 Å².